The first-order valence-electron chi connectivity index (χ1n) is 11.1. The van der Waals surface area contributed by atoms with Crippen LogP contribution in [0.2, 0.25) is 5.02 Å². The van der Waals surface area contributed by atoms with Gasteiger partial charge in [0.1, 0.15) is 11.5 Å². The van der Waals surface area contributed by atoms with E-state index < -0.39 is 0 Å². The van der Waals surface area contributed by atoms with Gasteiger partial charge in [-0.1, -0.05) is 41.0 Å². The number of anilines is 1. The van der Waals surface area contributed by atoms with E-state index in [1.165, 1.54) is 0 Å². The maximum Gasteiger partial charge on any atom is 0.274 e. The molecular formula is C27H23ClN4O2S. The summed E-state index contributed by atoms with van der Waals surface area (Å²) in [7, 11) is 0. The molecule has 0 aliphatic carbocycles. The highest BCUT2D eigenvalue weighted by atomic mass is 35.5. The summed E-state index contributed by atoms with van der Waals surface area (Å²) < 4.78 is 5.37. The zero-order chi connectivity index (χ0) is 24.4. The molecule has 1 aliphatic rings. The maximum absolute atomic E-state index is 13.0. The summed E-state index contributed by atoms with van der Waals surface area (Å²) in [6.45, 7) is 4.37. The number of rotatable bonds is 6. The number of amides is 1. The minimum absolute atomic E-state index is 0.254. The maximum atomic E-state index is 13.0. The Hall–Kier alpha value is -3.55. The summed E-state index contributed by atoms with van der Waals surface area (Å²) >= 11 is 7.85. The van der Waals surface area contributed by atoms with Crippen molar-refractivity contribution < 1.29 is 9.32 Å². The standard InChI is InChI=1S/C27H23ClN4O2S/c1-16-26(17(2)34-32-16)19-6-7-23-22(13-19)24(29-15-18-4-3-5-20(28)12-18)14-25(31-23)27(33)30-21-8-10-35-11-9-21/h3-10,12-14H,11,15H2,1-2H3,(H,29,31)(H,30,33). The van der Waals surface area contributed by atoms with Gasteiger partial charge in [-0.15, -0.1) is 11.8 Å². The van der Waals surface area contributed by atoms with Crippen LogP contribution in [0.4, 0.5) is 5.69 Å². The second kappa shape index (κ2) is 9.98. The molecule has 2 N–H and O–H groups in total. The van der Waals surface area contributed by atoms with E-state index in [1.807, 2.05) is 67.8 Å². The molecule has 0 bridgehead atoms. The third-order valence-corrected chi connectivity index (χ3v) is 6.66. The summed E-state index contributed by atoms with van der Waals surface area (Å²) in [5.41, 5.74) is 6.43. The lowest BCUT2D eigenvalue weighted by Crippen LogP contribution is -2.23. The largest absolute Gasteiger partial charge is 0.380 e. The predicted molar refractivity (Wildman–Crippen MR) is 143 cm³/mol. The van der Waals surface area contributed by atoms with Gasteiger partial charge >= 0.3 is 0 Å². The Labute approximate surface area is 212 Å². The molecule has 1 aliphatic heterocycles. The Morgan fingerprint density at radius 3 is 2.80 bits per heavy atom. The van der Waals surface area contributed by atoms with Gasteiger partial charge in [0.25, 0.3) is 5.91 Å². The zero-order valence-corrected chi connectivity index (χ0v) is 20.8. The average Bonchev–Trinajstić information content (AvgIpc) is 3.20. The van der Waals surface area contributed by atoms with Crippen molar-refractivity contribution >= 4 is 45.9 Å². The Morgan fingerprint density at radius 2 is 2.06 bits per heavy atom. The molecule has 6 nitrogen and oxygen atoms in total. The first-order valence-corrected chi connectivity index (χ1v) is 12.6. The molecule has 0 atom stereocenters. The molecule has 4 aromatic rings. The van der Waals surface area contributed by atoms with Gasteiger partial charge in [0, 0.05) is 39.7 Å². The van der Waals surface area contributed by atoms with Gasteiger partial charge in [0.15, 0.2) is 0 Å². The number of aromatic nitrogens is 2. The predicted octanol–water partition coefficient (Wildman–Crippen LogP) is 6.65. The molecule has 0 saturated carbocycles. The van der Waals surface area contributed by atoms with E-state index in [4.69, 9.17) is 16.1 Å². The minimum Gasteiger partial charge on any atom is -0.380 e. The van der Waals surface area contributed by atoms with Gasteiger partial charge in [-0.05, 0) is 66.8 Å². The molecule has 2 aromatic carbocycles. The van der Waals surface area contributed by atoms with Gasteiger partial charge in [0.05, 0.1) is 11.2 Å². The Morgan fingerprint density at radius 1 is 1.17 bits per heavy atom. The van der Waals surface area contributed by atoms with E-state index >= 15 is 0 Å². The minimum atomic E-state index is -0.254. The number of carbonyl (C=O) groups is 1. The number of pyridine rings is 1. The van der Waals surface area contributed by atoms with Crippen molar-refractivity contribution in [2.24, 2.45) is 0 Å². The number of fused-ring (bicyclic) bond motifs is 1. The zero-order valence-electron chi connectivity index (χ0n) is 19.3. The van der Waals surface area contributed by atoms with E-state index in [2.05, 4.69) is 26.8 Å². The first-order chi connectivity index (χ1) is 17.0. The van der Waals surface area contributed by atoms with Crippen molar-refractivity contribution in [1.82, 2.24) is 15.5 Å². The summed E-state index contributed by atoms with van der Waals surface area (Å²) in [6, 6.07) is 15.4. The number of aryl methyl sites for hydroxylation is 2. The average molecular weight is 503 g/mol. The molecule has 1 amide bonds. The molecule has 8 heteroatoms. The highest BCUT2D eigenvalue weighted by Gasteiger charge is 2.17. The summed E-state index contributed by atoms with van der Waals surface area (Å²) in [5.74, 6) is 1.33. The molecule has 5 rings (SSSR count). The number of benzene rings is 2. The summed E-state index contributed by atoms with van der Waals surface area (Å²) in [6.07, 6.45) is 3.87. The Bertz CT molecular complexity index is 1470. The van der Waals surface area contributed by atoms with Crippen LogP contribution in [-0.4, -0.2) is 21.8 Å². The number of hydrogen-bond donors (Lipinski definition) is 2. The number of allylic oxidation sites excluding steroid dienone is 1. The fourth-order valence-corrected chi connectivity index (χ4v) is 4.90. The molecule has 0 saturated heterocycles. The smallest absolute Gasteiger partial charge is 0.274 e. The normalized spacial score (nSPS) is 13.1. The molecular weight excluding hydrogens is 480 g/mol. The summed E-state index contributed by atoms with van der Waals surface area (Å²) in [4.78, 5) is 17.7. The van der Waals surface area contributed by atoms with E-state index in [1.54, 1.807) is 17.8 Å². The molecule has 176 valence electrons. The summed E-state index contributed by atoms with van der Waals surface area (Å²) in [5, 5.41) is 14.1. The van der Waals surface area contributed by atoms with Crippen LogP contribution in [0.25, 0.3) is 22.0 Å². The quantitative estimate of drug-likeness (QED) is 0.307. The van der Waals surface area contributed by atoms with Crippen molar-refractivity contribution in [1.29, 1.82) is 0 Å². The van der Waals surface area contributed by atoms with Crippen LogP contribution < -0.4 is 10.6 Å². The van der Waals surface area contributed by atoms with Crippen molar-refractivity contribution in [2.75, 3.05) is 11.1 Å². The van der Waals surface area contributed by atoms with E-state index in [0.29, 0.717) is 22.8 Å². The number of halogens is 1. The lowest BCUT2D eigenvalue weighted by Gasteiger charge is -2.14. The van der Waals surface area contributed by atoms with Gasteiger partial charge < -0.3 is 15.2 Å². The fourth-order valence-electron chi connectivity index (χ4n) is 4.05. The highest BCUT2D eigenvalue weighted by molar-refractivity contribution is 8.02. The van der Waals surface area contributed by atoms with Crippen molar-refractivity contribution in [3.63, 3.8) is 0 Å². The lowest BCUT2D eigenvalue weighted by molar-refractivity contribution is 0.0962. The third kappa shape index (κ3) is 5.11. The molecule has 0 fully saturated rings. The van der Waals surface area contributed by atoms with Crippen LogP contribution in [0.15, 0.2) is 76.3 Å². The second-order valence-electron chi connectivity index (χ2n) is 8.22. The molecule has 0 unspecified atom stereocenters. The van der Waals surface area contributed by atoms with Gasteiger partial charge in [-0.2, -0.15) is 0 Å². The SMILES string of the molecule is Cc1noc(C)c1-c1ccc2nc(C(=O)NC3=CCSC=C3)cc(NCc3cccc(Cl)c3)c2c1. The van der Waals surface area contributed by atoms with Crippen molar-refractivity contribution in [3.8, 4) is 11.1 Å². The number of nitrogens with one attached hydrogen (secondary N) is 2. The first kappa shape index (κ1) is 23.2. The number of hydrogen-bond acceptors (Lipinski definition) is 6. The van der Waals surface area contributed by atoms with Crippen LogP contribution in [0, 0.1) is 13.8 Å². The second-order valence-corrected chi connectivity index (χ2v) is 9.59. The monoisotopic (exact) mass is 502 g/mol. The number of nitrogens with zero attached hydrogens (tertiary/aromatic N) is 2. The van der Waals surface area contributed by atoms with E-state index in [9.17, 15) is 4.79 Å². The van der Waals surface area contributed by atoms with Crippen molar-refractivity contribution in [3.05, 3.63) is 99.5 Å². The van der Waals surface area contributed by atoms with Crippen LogP contribution in [0.5, 0.6) is 0 Å². The third-order valence-electron chi connectivity index (χ3n) is 5.74. The molecule has 0 spiro atoms. The van der Waals surface area contributed by atoms with Gasteiger partial charge in [-0.3, -0.25) is 4.79 Å². The molecule has 3 heterocycles. The number of carbonyl (C=O) groups excluding carboxylic acids is 1. The van der Waals surface area contributed by atoms with Gasteiger partial charge in [0.2, 0.25) is 0 Å². The fraction of sp³-hybridized carbons (Fsp3) is 0.148. The molecule has 35 heavy (non-hydrogen) atoms. The van der Waals surface area contributed by atoms with Crippen LogP contribution in [0.3, 0.4) is 0 Å². The van der Waals surface area contributed by atoms with Crippen LogP contribution in [0.1, 0.15) is 27.5 Å². The molecule has 2 aromatic heterocycles. The van der Waals surface area contributed by atoms with Gasteiger partial charge in [-0.25, -0.2) is 4.98 Å². The topological polar surface area (TPSA) is 80.0 Å². The lowest BCUT2D eigenvalue weighted by atomic mass is 10.0. The highest BCUT2D eigenvalue weighted by Crippen LogP contribution is 2.32. The van der Waals surface area contributed by atoms with Crippen LogP contribution >= 0.6 is 23.4 Å². The van der Waals surface area contributed by atoms with E-state index in [0.717, 1.165) is 50.7 Å². The molecule has 0 radical (unpaired) electrons. The van der Waals surface area contributed by atoms with Crippen LogP contribution in [-0.2, 0) is 6.54 Å². The Balaban J connectivity index is 1.55. The van der Waals surface area contributed by atoms with Crippen molar-refractivity contribution in [2.45, 2.75) is 20.4 Å². The number of thioether (sulfide) groups is 1. The Kier molecular flexibility index (Phi) is 6.61. The van der Waals surface area contributed by atoms with E-state index in [-0.39, 0.29) is 5.91 Å².